The number of rotatable bonds is 2. The van der Waals surface area contributed by atoms with Gasteiger partial charge < -0.3 is 29.0 Å². The van der Waals surface area contributed by atoms with Gasteiger partial charge in [0.15, 0.2) is 24.0 Å². The van der Waals surface area contributed by atoms with Crippen molar-refractivity contribution in [1.82, 2.24) is 0 Å². The molecule has 3 fully saturated rings. The van der Waals surface area contributed by atoms with Gasteiger partial charge in [0.05, 0.1) is 0 Å². The quantitative estimate of drug-likeness (QED) is 0.854. The summed E-state index contributed by atoms with van der Waals surface area (Å²) in [5.41, 5.74) is 2.87. The number of carbonyl (C=O) groups is 1. The first-order valence-corrected chi connectivity index (χ1v) is 9.29. The van der Waals surface area contributed by atoms with Crippen LogP contribution in [0.1, 0.15) is 38.8 Å². The Balaban J connectivity index is 1.59. The van der Waals surface area contributed by atoms with Gasteiger partial charge in [0, 0.05) is 5.69 Å². The topological polar surface area (TPSA) is 75.3 Å². The molecule has 27 heavy (non-hydrogen) atoms. The summed E-state index contributed by atoms with van der Waals surface area (Å²) in [6, 6.07) is 5.86. The van der Waals surface area contributed by atoms with E-state index in [1.165, 1.54) is 0 Å². The minimum absolute atomic E-state index is 0.287. The second-order valence-corrected chi connectivity index (χ2v) is 8.40. The molecule has 0 unspecified atom stereocenters. The zero-order valence-electron chi connectivity index (χ0n) is 16.6. The van der Waals surface area contributed by atoms with Crippen LogP contribution in [-0.2, 0) is 28.5 Å². The number of ether oxygens (including phenoxy) is 5. The zero-order valence-corrected chi connectivity index (χ0v) is 16.6. The molecule has 3 aliphatic heterocycles. The molecule has 1 aromatic rings. The Bertz CT molecular complexity index is 761. The fourth-order valence-electron chi connectivity index (χ4n) is 3.98. The van der Waals surface area contributed by atoms with Crippen molar-refractivity contribution in [2.45, 2.75) is 83.8 Å². The van der Waals surface area contributed by atoms with Crippen molar-refractivity contribution in [2.24, 2.45) is 0 Å². The average Bonchev–Trinajstić information content (AvgIpc) is 3.03. The maximum atomic E-state index is 13.0. The number of carbonyl (C=O) groups excluding carboxylic acids is 1. The Labute approximate surface area is 159 Å². The van der Waals surface area contributed by atoms with Crippen LogP contribution in [0.3, 0.4) is 0 Å². The Morgan fingerprint density at radius 1 is 0.926 bits per heavy atom. The van der Waals surface area contributed by atoms with Gasteiger partial charge in [-0.25, -0.2) is 0 Å². The Hall–Kier alpha value is -1.51. The number of fused-ring (bicyclic) bond motifs is 3. The fourth-order valence-corrected chi connectivity index (χ4v) is 3.98. The van der Waals surface area contributed by atoms with Crippen molar-refractivity contribution >= 4 is 11.6 Å². The molecule has 1 N–H and O–H groups in total. The lowest BCUT2D eigenvalue weighted by atomic mass is 9.98. The molecule has 3 heterocycles. The normalized spacial score (nSPS) is 36.1. The second kappa shape index (κ2) is 6.25. The molecule has 0 aromatic heterocycles. The van der Waals surface area contributed by atoms with E-state index in [1.54, 1.807) is 0 Å². The minimum Gasteiger partial charge on any atom is -0.342 e. The van der Waals surface area contributed by atoms with Crippen molar-refractivity contribution in [2.75, 3.05) is 5.32 Å². The number of aryl methyl sites for hydroxylation is 2. The minimum atomic E-state index is -0.865. The fraction of sp³-hybridized carbons (Fsp3) is 0.650. The molecule has 0 bridgehead atoms. The van der Waals surface area contributed by atoms with Crippen LogP contribution in [0.4, 0.5) is 5.69 Å². The van der Waals surface area contributed by atoms with E-state index in [0.29, 0.717) is 0 Å². The SMILES string of the molecule is Cc1ccc(NC(=O)[C@@H]2O[C@H]3OC(C)(C)O[C@@H]3[C@H]3OC(C)(C)O[C@H]32)c(C)c1. The summed E-state index contributed by atoms with van der Waals surface area (Å²) in [6.45, 7) is 11.2. The second-order valence-electron chi connectivity index (χ2n) is 8.40. The molecule has 4 rings (SSSR count). The Morgan fingerprint density at radius 3 is 2.26 bits per heavy atom. The van der Waals surface area contributed by atoms with Gasteiger partial charge in [-0.15, -0.1) is 0 Å². The number of anilines is 1. The van der Waals surface area contributed by atoms with Gasteiger partial charge in [0.2, 0.25) is 0 Å². The third-order valence-corrected chi connectivity index (χ3v) is 5.05. The summed E-state index contributed by atoms with van der Waals surface area (Å²) < 4.78 is 29.8. The lowest BCUT2D eigenvalue weighted by Crippen LogP contribution is -2.58. The number of benzene rings is 1. The first kappa shape index (κ1) is 18.8. The molecule has 0 aliphatic carbocycles. The van der Waals surface area contributed by atoms with E-state index in [1.807, 2.05) is 59.7 Å². The molecule has 0 spiro atoms. The van der Waals surface area contributed by atoms with Gasteiger partial charge in [-0.3, -0.25) is 4.79 Å². The van der Waals surface area contributed by atoms with Gasteiger partial charge in [-0.05, 0) is 53.2 Å². The third kappa shape index (κ3) is 3.50. The molecule has 0 radical (unpaired) electrons. The molecule has 3 saturated heterocycles. The van der Waals surface area contributed by atoms with Crippen molar-refractivity contribution < 1.29 is 28.5 Å². The molecular formula is C20H27NO6. The Morgan fingerprint density at radius 2 is 1.56 bits per heavy atom. The lowest BCUT2D eigenvalue weighted by molar-refractivity contribution is -0.229. The highest BCUT2D eigenvalue weighted by molar-refractivity contribution is 5.95. The van der Waals surface area contributed by atoms with Crippen molar-refractivity contribution in [3.8, 4) is 0 Å². The van der Waals surface area contributed by atoms with E-state index in [0.717, 1.165) is 16.8 Å². The maximum absolute atomic E-state index is 13.0. The van der Waals surface area contributed by atoms with Crippen LogP contribution in [0.5, 0.6) is 0 Å². The van der Waals surface area contributed by atoms with Crippen molar-refractivity contribution in [3.63, 3.8) is 0 Å². The van der Waals surface area contributed by atoms with Gasteiger partial charge in [0.25, 0.3) is 5.91 Å². The van der Waals surface area contributed by atoms with Crippen molar-refractivity contribution in [3.05, 3.63) is 29.3 Å². The van der Waals surface area contributed by atoms with Crippen molar-refractivity contribution in [1.29, 1.82) is 0 Å². The Kier molecular flexibility index (Phi) is 4.36. The van der Waals surface area contributed by atoms with E-state index >= 15 is 0 Å². The highest BCUT2D eigenvalue weighted by Crippen LogP contribution is 2.44. The van der Waals surface area contributed by atoms with Gasteiger partial charge >= 0.3 is 0 Å². The molecular weight excluding hydrogens is 350 g/mol. The maximum Gasteiger partial charge on any atom is 0.256 e. The van der Waals surface area contributed by atoms with Crippen LogP contribution in [0.2, 0.25) is 0 Å². The summed E-state index contributed by atoms with van der Waals surface area (Å²) >= 11 is 0. The van der Waals surface area contributed by atoms with Gasteiger partial charge in [0.1, 0.15) is 18.3 Å². The smallest absolute Gasteiger partial charge is 0.256 e. The molecule has 1 amide bonds. The van der Waals surface area contributed by atoms with E-state index in [9.17, 15) is 4.79 Å². The predicted octanol–water partition coefficient (Wildman–Crippen LogP) is 2.64. The molecule has 3 aliphatic rings. The summed E-state index contributed by atoms with van der Waals surface area (Å²) in [5.74, 6) is -1.93. The van der Waals surface area contributed by atoms with E-state index in [4.69, 9.17) is 23.7 Å². The number of hydrogen-bond donors (Lipinski definition) is 1. The predicted molar refractivity (Wildman–Crippen MR) is 97.1 cm³/mol. The van der Waals surface area contributed by atoms with Crippen LogP contribution in [-0.4, -0.2) is 48.2 Å². The molecule has 5 atom stereocenters. The lowest BCUT2D eigenvalue weighted by Gasteiger charge is -2.36. The first-order valence-electron chi connectivity index (χ1n) is 9.29. The summed E-state index contributed by atoms with van der Waals surface area (Å²) in [5, 5.41) is 2.95. The number of amides is 1. The third-order valence-electron chi connectivity index (χ3n) is 5.05. The molecule has 0 saturated carbocycles. The molecule has 1 aromatic carbocycles. The monoisotopic (exact) mass is 377 g/mol. The van der Waals surface area contributed by atoms with Crippen LogP contribution in [0.15, 0.2) is 18.2 Å². The van der Waals surface area contributed by atoms with E-state index in [2.05, 4.69) is 5.32 Å². The summed E-state index contributed by atoms with van der Waals surface area (Å²) in [4.78, 5) is 13.0. The van der Waals surface area contributed by atoms with Crippen LogP contribution >= 0.6 is 0 Å². The van der Waals surface area contributed by atoms with Crippen LogP contribution in [0.25, 0.3) is 0 Å². The largest absolute Gasteiger partial charge is 0.342 e. The molecule has 7 nitrogen and oxygen atoms in total. The van der Waals surface area contributed by atoms with E-state index in [-0.39, 0.29) is 5.91 Å². The highest BCUT2D eigenvalue weighted by atomic mass is 16.9. The first-order chi connectivity index (χ1) is 12.5. The molecule has 7 heteroatoms. The molecule has 148 valence electrons. The number of nitrogens with one attached hydrogen (secondary N) is 1. The van der Waals surface area contributed by atoms with Gasteiger partial charge in [-0.2, -0.15) is 0 Å². The number of hydrogen-bond acceptors (Lipinski definition) is 6. The standard InChI is InChI=1S/C20H27NO6/c1-10-7-8-12(11(2)9-10)21-17(22)15-13-14(25-19(3,4)24-13)16-18(23-15)27-20(5,6)26-16/h7-9,13-16,18H,1-6H3,(H,21,22)/t13-,14+,15-,16-,18+/m1/s1. The van der Waals surface area contributed by atoms with Crippen LogP contribution in [0, 0.1) is 13.8 Å². The van der Waals surface area contributed by atoms with E-state index < -0.39 is 42.3 Å². The zero-order chi connectivity index (χ0) is 19.6. The van der Waals surface area contributed by atoms with Crippen LogP contribution < -0.4 is 5.32 Å². The summed E-state index contributed by atoms with van der Waals surface area (Å²) in [7, 11) is 0. The highest BCUT2D eigenvalue weighted by Gasteiger charge is 2.62. The van der Waals surface area contributed by atoms with Gasteiger partial charge in [-0.1, -0.05) is 17.7 Å². The average molecular weight is 377 g/mol. The summed E-state index contributed by atoms with van der Waals surface area (Å²) in [6.07, 6.45) is -3.03.